The van der Waals surface area contributed by atoms with E-state index in [0.717, 1.165) is 37.0 Å². The first-order valence-corrected chi connectivity index (χ1v) is 9.97. The average molecular weight is 403 g/mol. The van der Waals surface area contributed by atoms with Crippen LogP contribution in [-0.2, 0) is 0 Å². The van der Waals surface area contributed by atoms with E-state index in [2.05, 4.69) is 20.3 Å². The third kappa shape index (κ3) is 3.63. The Labute approximate surface area is 173 Å². The molecule has 30 heavy (non-hydrogen) atoms. The number of benzene rings is 1. The van der Waals surface area contributed by atoms with Crippen molar-refractivity contribution >= 4 is 17.4 Å². The minimum atomic E-state index is -0.470. The summed E-state index contributed by atoms with van der Waals surface area (Å²) in [5.74, 6) is 0.922. The Kier molecular flexibility index (Phi) is 4.66. The lowest BCUT2D eigenvalue weighted by Crippen LogP contribution is -2.30. The smallest absolute Gasteiger partial charge is 0.278 e. The molecule has 1 saturated carbocycles. The maximum atomic E-state index is 12.9. The fraction of sp³-hybridized carbons (Fsp3) is 0.273. The highest BCUT2D eigenvalue weighted by molar-refractivity contribution is 6.06. The molecular formula is C22H21N5O3. The van der Waals surface area contributed by atoms with Crippen molar-refractivity contribution in [3.05, 3.63) is 54.6 Å². The molecule has 152 valence electrons. The minimum absolute atomic E-state index is 0.0437. The molecule has 1 aromatic carbocycles. The van der Waals surface area contributed by atoms with Crippen molar-refractivity contribution in [2.75, 3.05) is 11.1 Å². The number of hydrogen-bond acceptors (Lipinski definition) is 7. The molecule has 3 N–H and O–H groups in total. The summed E-state index contributed by atoms with van der Waals surface area (Å²) >= 11 is 0. The number of fused-ring (bicyclic) bond motifs is 3. The summed E-state index contributed by atoms with van der Waals surface area (Å²) in [6.45, 7) is 0. The van der Waals surface area contributed by atoms with Crippen LogP contribution in [-0.4, -0.2) is 33.1 Å². The van der Waals surface area contributed by atoms with E-state index < -0.39 is 5.91 Å². The van der Waals surface area contributed by atoms with E-state index in [4.69, 9.17) is 15.2 Å². The third-order valence-electron chi connectivity index (χ3n) is 5.39. The van der Waals surface area contributed by atoms with Crippen LogP contribution < -0.4 is 20.5 Å². The lowest BCUT2D eigenvalue weighted by atomic mass is 9.94. The maximum Gasteiger partial charge on any atom is 0.278 e. The lowest BCUT2D eigenvalue weighted by Gasteiger charge is -2.30. The number of nitrogens with zero attached hydrogens (tertiary/aromatic N) is 3. The molecule has 0 radical (unpaired) electrons. The summed E-state index contributed by atoms with van der Waals surface area (Å²) in [7, 11) is 0. The molecule has 8 heteroatoms. The average Bonchev–Trinajstić information content (AvgIpc) is 2.76. The Morgan fingerprint density at radius 3 is 2.67 bits per heavy atom. The van der Waals surface area contributed by atoms with Crippen LogP contribution in [0.5, 0.6) is 11.5 Å². The van der Waals surface area contributed by atoms with Gasteiger partial charge in [-0.3, -0.25) is 9.78 Å². The van der Waals surface area contributed by atoms with Crippen LogP contribution in [0.4, 0.5) is 11.5 Å². The summed E-state index contributed by atoms with van der Waals surface area (Å²) in [6.07, 6.45) is 8.48. The van der Waals surface area contributed by atoms with E-state index in [9.17, 15) is 4.79 Å². The van der Waals surface area contributed by atoms with Crippen molar-refractivity contribution in [1.29, 1.82) is 0 Å². The Hall–Kier alpha value is -3.68. The number of amides is 1. The molecule has 2 aliphatic heterocycles. The standard InChI is InChI=1S/C22H21N5O3/c23-21-20-22(28)27-18-11-24-9-8-19(18)30-15-6-4-14(5-7-15)29-16-3-1-2-13(10-16)17(26-20)12-25-21/h1-3,8-12,14-15H,4-7H2,(H2,23,25)(H,27,28). The zero-order chi connectivity index (χ0) is 20.5. The van der Waals surface area contributed by atoms with Crippen LogP contribution in [0.2, 0.25) is 0 Å². The second kappa shape index (κ2) is 7.62. The van der Waals surface area contributed by atoms with Gasteiger partial charge in [0.1, 0.15) is 17.2 Å². The molecule has 6 rings (SSSR count). The number of nitrogen functional groups attached to an aromatic ring is 1. The Bertz CT molecular complexity index is 1100. The molecule has 0 unspecified atom stereocenters. The first-order chi connectivity index (χ1) is 14.7. The monoisotopic (exact) mass is 403 g/mol. The molecule has 0 saturated heterocycles. The number of pyridine rings is 1. The van der Waals surface area contributed by atoms with Gasteiger partial charge in [-0.1, -0.05) is 12.1 Å². The predicted molar refractivity (Wildman–Crippen MR) is 111 cm³/mol. The van der Waals surface area contributed by atoms with E-state index in [0.29, 0.717) is 17.1 Å². The van der Waals surface area contributed by atoms with Gasteiger partial charge >= 0.3 is 0 Å². The van der Waals surface area contributed by atoms with E-state index in [1.165, 1.54) is 0 Å². The van der Waals surface area contributed by atoms with E-state index in [-0.39, 0.29) is 23.7 Å². The van der Waals surface area contributed by atoms with Gasteiger partial charge in [0, 0.05) is 17.8 Å². The van der Waals surface area contributed by atoms with Gasteiger partial charge in [0.2, 0.25) is 0 Å². The fourth-order valence-corrected chi connectivity index (χ4v) is 3.83. The van der Waals surface area contributed by atoms with Gasteiger partial charge in [-0.25, -0.2) is 9.97 Å². The number of nitrogens with two attached hydrogens (primary N) is 1. The van der Waals surface area contributed by atoms with Crippen LogP contribution in [0, 0.1) is 0 Å². The summed E-state index contributed by atoms with van der Waals surface area (Å²) in [6, 6.07) is 9.40. The van der Waals surface area contributed by atoms with Crippen molar-refractivity contribution in [2.24, 2.45) is 0 Å². The number of anilines is 2. The lowest BCUT2D eigenvalue weighted by molar-refractivity contribution is 0.0809. The Morgan fingerprint density at radius 1 is 1.03 bits per heavy atom. The van der Waals surface area contributed by atoms with Crippen LogP contribution in [0.25, 0.3) is 11.3 Å². The predicted octanol–water partition coefficient (Wildman–Crippen LogP) is 3.46. The number of aromatic nitrogens is 3. The Morgan fingerprint density at radius 2 is 1.83 bits per heavy atom. The first kappa shape index (κ1) is 18.4. The van der Waals surface area contributed by atoms with Gasteiger partial charge < -0.3 is 20.5 Å². The number of nitrogens with one attached hydrogen (secondary N) is 1. The zero-order valence-electron chi connectivity index (χ0n) is 16.2. The number of ether oxygens (including phenoxy) is 2. The number of hydrogen-bond donors (Lipinski definition) is 2. The second-order valence-corrected chi connectivity index (χ2v) is 7.48. The molecule has 3 aliphatic rings. The largest absolute Gasteiger partial charge is 0.490 e. The highest BCUT2D eigenvalue weighted by atomic mass is 16.5. The van der Waals surface area contributed by atoms with Crippen molar-refractivity contribution in [3.8, 4) is 22.8 Å². The molecular weight excluding hydrogens is 382 g/mol. The maximum absolute atomic E-state index is 12.9. The number of carbonyl (C=O) groups is 1. The Balaban J connectivity index is 1.59. The second-order valence-electron chi connectivity index (χ2n) is 7.48. The normalized spacial score (nSPS) is 20.5. The van der Waals surface area contributed by atoms with Crippen molar-refractivity contribution in [2.45, 2.75) is 37.9 Å². The zero-order valence-corrected chi connectivity index (χ0v) is 16.2. The van der Waals surface area contributed by atoms with Gasteiger partial charge in [-0.15, -0.1) is 0 Å². The van der Waals surface area contributed by atoms with Crippen LogP contribution in [0.1, 0.15) is 36.2 Å². The molecule has 0 spiro atoms. The van der Waals surface area contributed by atoms with Crippen molar-refractivity contribution < 1.29 is 14.3 Å². The summed E-state index contributed by atoms with van der Waals surface area (Å²) in [5, 5.41) is 2.82. The van der Waals surface area contributed by atoms with Crippen molar-refractivity contribution in [1.82, 2.24) is 15.0 Å². The summed E-state index contributed by atoms with van der Waals surface area (Å²) < 4.78 is 12.4. The summed E-state index contributed by atoms with van der Waals surface area (Å²) in [5.41, 5.74) is 7.81. The molecule has 8 nitrogen and oxygen atoms in total. The summed E-state index contributed by atoms with van der Waals surface area (Å²) in [4.78, 5) is 25.7. The van der Waals surface area contributed by atoms with Crippen molar-refractivity contribution in [3.63, 3.8) is 0 Å². The fourth-order valence-electron chi connectivity index (χ4n) is 3.83. The molecule has 6 bridgehead atoms. The quantitative estimate of drug-likeness (QED) is 0.591. The van der Waals surface area contributed by atoms with E-state index >= 15 is 0 Å². The van der Waals surface area contributed by atoms with Crippen LogP contribution in [0.3, 0.4) is 0 Å². The van der Waals surface area contributed by atoms with E-state index in [1.807, 2.05) is 24.3 Å². The highest BCUT2D eigenvalue weighted by Crippen LogP contribution is 2.32. The minimum Gasteiger partial charge on any atom is -0.490 e. The molecule has 2 aromatic heterocycles. The van der Waals surface area contributed by atoms with Gasteiger partial charge in [0.05, 0.1) is 30.3 Å². The molecule has 1 aliphatic carbocycles. The van der Waals surface area contributed by atoms with Gasteiger partial charge in [-0.2, -0.15) is 0 Å². The molecule has 0 atom stereocenters. The van der Waals surface area contributed by atoms with E-state index in [1.54, 1.807) is 24.7 Å². The first-order valence-electron chi connectivity index (χ1n) is 9.97. The number of rotatable bonds is 0. The van der Waals surface area contributed by atoms with Crippen LogP contribution >= 0.6 is 0 Å². The molecule has 1 fully saturated rings. The molecule has 3 aromatic rings. The van der Waals surface area contributed by atoms with Gasteiger partial charge in [0.15, 0.2) is 11.5 Å². The molecule has 1 amide bonds. The topological polar surface area (TPSA) is 112 Å². The SMILES string of the molecule is Nc1ncc2nc1C(=O)Nc1cnccc1OC1CCC(CC1)Oc1cccc-2c1. The van der Waals surface area contributed by atoms with Gasteiger partial charge in [-0.05, 0) is 37.8 Å². The van der Waals surface area contributed by atoms with Crippen LogP contribution in [0.15, 0.2) is 48.9 Å². The third-order valence-corrected chi connectivity index (χ3v) is 5.39. The highest BCUT2D eigenvalue weighted by Gasteiger charge is 2.25. The number of carbonyl (C=O) groups excluding carboxylic acids is 1. The molecule has 4 heterocycles. The van der Waals surface area contributed by atoms with Gasteiger partial charge in [0.25, 0.3) is 5.91 Å².